The maximum Gasteiger partial charge on any atom is 0.265 e. The van der Waals surface area contributed by atoms with Gasteiger partial charge in [0.25, 0.3) is 10.0 Å². The van der Waals surface area contributed by atoms with E-state index < -0.39 is 21.3 Å². The van der Waals surface area contributed by atoms with Crippen molar-refractivity contribution in [3.05, 3.63) is 42.0 Å². The van der Waals surface area contributed by atoms with Crippen molar-refractivity contribution in [1.82, 2.24) is 9.78 Å². The summed E-state index contributed by atoms with van der Waals surface area (Å²) >= 11 is 0. The van der Waals surface area contributed by atoms with Crippen LogP contribution in [0.2, 0.25) is 0 Å². The number of nitrogens with zero attached hydrogens (tertiary/aromatic N) is 2. The normalized spacial score (nSPS) is 16.3. The molecule has 7 heteroatoms. The lowest BCUT2D eigenvalue weighted by Crippen LogP contribution is -2.20. The fourth-order valence-electron chi connectivity index (χ4n) is 3.21. The molecule has 0 aliphatic heterocycles. The van der Waals surface area contributed by atoms with E-state index in [1.54, 1.807) is 10.9 Å². The zero-order chi connectivity index (χ0) is 18.2. The minimum Gasteiger partial charge on any atom is -0.279 e. The van der Waals surface area contributed by atoms with Gasteiger partial charge < -0.3 is 0 Å². The maximum absolute atomic E-state index is 13.4. The third kappa shape index (κ3) is 3.86. The molecule has 0 radical (unpaired) electrons. The van der Waals surface area contributed by atoms with E-state index >= 15 is 0 Å². The van der Waals surface area contributed by atoms with Gasteiger partial charge in [-0.2, -0.15) is 5.10 Å². The molecule has 1 N–H and O–H groups in total. The van der Waals surface area contributed by atoms with Gasteiger partial charge in [0.2, 0.25) is 0 Å². The van der Waals surface area contributed by atoms with Gasteiger partial charge in [0.05, 0.1) is 17.4 Å². The summed E-state index contributed by atoms with van der Waals surface area (Å²) in [5.41, 5.74) is 0.312. The molecule has 1 heterocycles. The number of hydrogen-bond donors (Lipinski definition) is 1. The molecular weight excluding hydrogens is 341 g/mol. The van der Waals surface area contributed by atoms with Gasteiger partial charge in [-0.25, -0.2) is 12.8 Å². The van der Waals surface area contributed by atoms with Crippen LogP contribution in [0.15, 0.2) is 35.4 Å². The van der Waals surface area contributed by atoms with Crippen LogP contribution in [0.1, 0.15) is 58.2 Å². The molecule has 25 heavy (non-hydrogen) atoms. The highest BCUT2D eigenvalue weighted by Gasteiger charge is 2.32. The number of anilines is 1. The number of sulfonamides is 1. The van der Waals surface area contributed by atoms with Crippen molar-refractivity contribution in [2.24, 2.45) is 0 Å². The van der Waals surface area contributed by atoms with Crippen LogP contribution in [0.25, 0.3) is 0 Å². The Balaban J connectivity index is 2.01. The molecule has 136 valence electrons. The summed E-state index contributed by atoms with van der Waals surface area (Å²) in [4.78, 5) is 0.163. The summed E-state index contributed by atoms with van der Waals surface area (Å²) in [6.07, 6.45) is 5.93. The summed E-state index contributed by atoms with van der Waals surface area (Å²) in [5, 5.41) is 4.61. The van der Waals surface area contributed by atoms with Crippen LogP contribution in [0.5, 0.6) is 0 Å². The smallest absolute Gasteiger partial charge is 0.265 e. The number of halogens is 1. The number of aromatic nitrogens is 2. The Morgan fingerprint density at radius 2 is 1.92 bits per heavy atom. The van der Waals surface area contributed by atoms with Crippen molar-refractivity contribution in [2.45, 2.75) is 62.8 Å². The lowest BCUT2D eigenvalue weighted by molar-refractivity contribution is 0.448. The number of rotatable bonds is 4. The standard InChI is InChI=1S/C18H24FN3O2S/c1-18(2,3)17-16(12-22(20-17)15-9-4-5-10-15)25(23,24)21-14-8-6-7-13(19)11-14/h6-8,11-12,15,21H,4-5,9-10H2,1-3H3. The molecule has 1 fully saturated rings. The van der Waals surface area contributed by atoms with Crippen molar-refractivity contribution in [1.29, 1.82) is 0 Å². The Kier molecular flexibility index (Phi) is 4.62. The zero-order valence-electron chi connectivity index (χ0n) is 14.8. The van der Waals surface area contributed by atoms with Crippen molar-refractivity contribution in [2.75, 3.05) is 4.72 Å². The summed E-state index contributed by atoms with van der Waals surface area (Å²) < 4.78 is 43.5. The molecule has 0 spiro atoms. The van der Waals surface area contributed by atoms with Gasteiger partial charge in [0.15, 0.2) is 0 Å². The van der Waals surface area contributed by atoms with Gasteiger partial charge in [-0.3, -0.25) is 9.40 Å². The average molecular weight is 365 g/mol. The fourth-order valence-corrected chi connectivity index (χ4v) is 4.60. The SMILES string of the molecule is CC(C)(C)c1nn(C2CCCC2)cc1S(=O)(=O)Nc1cccc(F)c1. The van der Waals surface area contributed by atoms with Crippen LogP contribution < -0.4 is 4.72 Å². The predicted molar refractivity (Wildman–Crippen MR) is 95.6 cm³/mol. The van der Waals surface area contributed by atoms with Crippen molar-refractivity contribution >= 4 is 15.7 Å². The van der Waals surface area contributed by atoms with E-state index in [-0.39, 0.29) is 16.6 Å². The van der Waals surface area contributed by atoms with Crippen molar-refractivity contribution < 1.29 is 12.8 Å². The molecule has 1 saturated carbocycles. The van der Waals surface area contributed by atoms with Gasteiger partial charge in [-0.05, 0) is 31.0 Å². The molecule has 0 unspecified atom stereocenters. The van der Waals surface area contributed by atoms with Gasteiger partial charge in [-0.15, -0.1) is 0 Å². The third-order valence-corrected chi connectivity index (χ3v) is 5.86. The van der Waals surface area contributed by atoms with E-state index in [1.807, 2.05) is 20.8 Å². The van der Waals surface area contributed by atoms with Crippen LogP contribution in [0.4, 0.5) is 10.1 Å². The highest BCUT2D eigenvalue weighted by atomic mass is 32.2. The second-order valence-electron chi connectivity index (χ2n) is 7.63. The number of hydrogen-bond acceptors (Lipinski definition) is 3. The zero-order valence-corrected chi connectivity index (χ0v) is 15.6. The Morgan fingerprint density at radius 1 is 1.24 bits per heavy atom. The minimum absolute atomic E-state index is 0.163. The third-order valence-electron chi connectivity index (χ3n) is 4.47. The highest BCUT2D eigenvalue weighted by Crippen LogP contribution is 2.34. The summed E-state index contributed by atoms with van der Waals surface area (Å²) in [6.45, 7) is 5.82. The average Bonchev–Trinajstić information content (AvgIpc) is 3.16. The largest absolute Gasteiger partial charge is 0.279 e. The lowest BCUT2D eigenvalue weighted by Gasteiger charge is -2.18. The van der Waals surface area contributed by atoms with E-state index in [2.05, 4.69) is 9.82 Å². The van der Waals surface area contributed by atoms with E-state index in [1.165, 1.54) is 18.2 Å². The summed E-state index contributed by atoms with van der Waals surface area (Å²) in [6, 6.07) is 5.68. The Morgan fingerprint density at radius 3 is 2.52 bits per heavy atom. The molecule has 1 aliphatic rings. The van der Waals surface area contributed by atoms with E-state index in [4.69, 9.17) is 0 Å². The Bertz CT molecular complexity index is 863. The quantitative estimate of drug-likeness (QED) is 0.881. The first-order valence-corrected chi connectivity index (χ1v) is 10.0. The van der Waals surface area contributed by atoms with E-state index in [0.717, 1.165) is 31.7 Å². The molecule has 0 atom stereocenters. The van der Waals surface area contributed by atoms with Gasteiger partial charge in [0, 0.05) is 11.6 Å². The molecule has 0 saturated heterocycles. The number of benzene rings is 1. The summed E-state index contributed by atoms with van der Waals surface area (Å²) in [7, 11) is -3.85. The molecule has 1 aromatic heterocycles. The molecule has 0 amide bonds. The first-order chi connectivity index (χ1) is 11.7. The van der Waals surface area contributed by atoms with Crippen LogP contribution in [-0.4, -0.2) is 18.2 Å². The fraction of sp³-hybridized carbons (Fsp3) is 0.500. The Hall–Kier alpha value is -1.89. The van der Waals surface area contributed by atoms with Crippen LogP contribution >= 0.6 is 0 Å². The topological polar surface area (TPSA) is 64.0 Å². The van der Waals surface area contributed by atoms with Gasteiger partial charge in [-0.1, -0.05) is 39.7 Å². The Labute approximate surface area is 148 Å². The monoisotopic (exact) mass is 365 g/mol. The molecular formula is C18H24FN3O2S. The molecule has 2 aromatic rings. The molecule has 1 aromatic carbocycles. The first-order valence-electron chi connectivity index (χ1n) is 8.55. The molecule has 1 aliphatic carbocycles. The van der Waals surface area contributed by atoms with E-state index in [9.17, 15) is 12.8 Å². The second kappa shape index (κ2) is 6.44. The number of nitrogens with one attached hydrogen (secondary N) is 1. The lowest BCUT2D eigenvalue weighted by atomic mass is 9.92. The molecule has 5 nitrogen and oxygen atoms in total. The van der Waals surface area contributed by atoms with Gasteiger partial charge in [0.1, 0.15) is 10.7 Å². The second-order valence-corrected chi connectivity index (χ2v) is 9.28. The maximum atomic E-state index is 13.4. The van der Waals surface area contributed by atoms with Crippen molar-refractivity contribution in [3.8, 4) is 0 Å². The molecule has 0 bridgehead atoms. The van der Waals surface area contributed by atoms with Crippen molar-refractivity contribution in [3.63, 3.8) is 0 Å². The van der Waals surface area contributed by atoms with E-state index in [0.29, 0.717) is 5.69 Å². The highest BCUT2D eigenvalue weighted by molar-refractivity contribution is 7.92. The van der Waals surface area contributed by atoms with Crippen LogP contribution in [0.3, 0.4) is 0 Å². The van der Waals surface area contributed by atoms with Crippen LogP contribution in [0, 0.1) is 5.82 Å². The van der Waals surface area contributed by atoms with Gasteiger partial charge >= 0.3 is 0 Å². The summed E-state index contributed by atoms with van der Waals surface area (Å²) in [5.74, 6) is -0.488. The first kappa shape index (κ1) is 17.9. The minimum atomic E-state index is -3.85. The molecule has 3 rings (SSSR count). The predicted octanol–water partition coefficient (Wildman–Crippen LogP) is 4.24. The van der Waals surface area contributed by atoms with Crippen LogP contribution in [-0.2, 0) is 15.4 Å².